The van der Waals surface area contributed by atoms with E-state index in [1.807, 2.05) is 42.5 Å². The number of aromatic nitrogens is 1. The van der Waals surface area contributed by atoms with Crippen LogP contribution in [0.25, 0.3) is 0 Å². The van der Waals surface area contributed by atoms with E-state index in [-0.39, 0.29) is 29.0 Å². The molecule has 0 unspecified atom stereocenters. The highest BCUT2D eigenvalue weighted by Crippen LogP contribution is 2.49. The van der Waals surface area contributed by atoms with Crippen LogP contribution in [0.3, 0.4) is 0 Å². The van der Waals surface area contributed by atoms with E-state index < -0.39 is 5.41 Å². The summed E-state index contributed by atoms with van der Waals surface area (Å²) >= 11 is 0. The molecular weight excluding hydrogens is 402 g/mol. The average molecular weight is 428 g/mol. The van der Waals surface area contributed by atoms with Crippen molar-refractivity contribution in [2.75, 3.05) is 11.9 Å². The van der Waals surface area contributed by atoms with Crippen molar-refractivity contribution in [1.82, 2.24) is 9.88 Å². The molecule has 3 aromatic rings. The van der Waals surface area contributed by atoms with Crippen LogP contribution in [0.2, 0.25) is 0 Å². The first kappa shape index (κ1) is 20.2. The van der Waals surface area contributed by atoms with Crippen LogP contribution in [-0.2, 0) is 16.6 Å². The molecule has 1 fully saturated rings. The van der Waals surface area contributed by atoms with E-state index in [0.717, 1.165) is 23.2 Å². The molecule has 32 heavy (non-hydrogen) atoms. The Balaban J connectivity index is 1.56. The number of hydrogen-bond donors (Lipinski definition) is 2. The molecule has 2 aromatic carbocycles. The molecular formula is C26H25N3O3. The van der Waals surface area contributed by atoms with Gasteiger partial charge in [-0.25, -0.2) is 0 Å². The number of carbonyl (C=O) groups excluding carboxylic acids is 2. The maximum absolute atomic E-state index is 13.6. The molecule has 0 radical (unpaired) electrons. The Labute approximate surface area is 186 Å². The number of aryl methyl sites for hydroxylation is 2. The molecule has 0 saturated carbocycles. The third-order valence-electron chi connectivity index (χ3n) is 6.77. The molecule has 1 aromatic heterocycles. The number of anilines is 1. The fourth-order valence-corrected chi connectivity index (χ4v) is 5.35. The summed E-state index contributed by atoms with van der Waals surface area (Å²) in [7, 11) is 0. The fraction of sp³-hybridized carbons (Fsp3) is 0.269. The zero-order chi connectivity index (χ0) is 22.3. The van der Waals surface area contributed by atoms with Gasteiger partial charge in [-0.05, 0) is 43.4 Å². The summed E-state index contributed by atoms with van der Waals surface area (Å²) in [6.07, 6.45) is 1.95. The number of carbonyl (C=O) groups is 2. The number of pyridine rings is 1. The lowest BCUT2D eigenvalue weighted by Crippen LogP contribution is -2.49. The number of nitrogens with zero attached hydrogens (tertiary/aromatic N) is 1. The summed E-state index contributed by atoms with van der Waals surface area (Å²) in [5.74, 6) is -0.289. The van der Waals surface area contributed by atoms with Gasteiger partial charge < -0.3 is 15.2 Å². The van der Waals surface area contributed by atoms with Crippen LogP contribution in [0.15, 0.2) is 71.5 Å². The Bertz CT molecular complexity index is 1250. The number of H-pyrrole nitrogens is 1. The van der Waals surface area contributed by atoms with E-state index in [2.05, 4.69) is 22.4 Å². The van der Waals surface area contributed by atoms with Crippen molar-refractivity contribution in [3.8, 4) is 0 Å². The van der Waals surface area contributed by atoms with Crippen molar-refractivity contribution in [2.45, 2.75) is 37.6 Å². The van der Waals surface area contributed by atoms with Crippen LogP contribution in [0, 0.1) is 6.92 Å². The summed E-state index contributed by atoms with van der Waals surface area (Å²) in [6, 6.07) is 20.4. The predicted molar refractivity (Wildman–Crippen MR) is 123 cm³/mol. The van der Waals surface area contributed by atoms with E-state index in [0.29, 0.717) is 25.1 Å². The van der Waals surface area contributed by atoms with E-state index >= 15 is 0 Å². The molecule has 2 atom stereocenters. The van der Waals surface area contributed by atoms with Crippen LogP contribution < -0.4 is 10.7 Å². The molecule has 2 aliphatic rings. The number of rotatable bonds is 4. The van der Waals surface area contributed by atoms with Gasteiger partial charge in [-0.2, -0.15) is 0 Å². The molecule has 2 aliphatic heterocycles. The Kier molecular flexibility index (Phi) is 4.93. The van der Waals surface area contributed by atoms with Crippen molar-refractivity contribution in [3.05, 3.63) is 99.5 Å². The first-order valence-corrected chi connectivity index (χ1v) is 11.0. The lowest BCUT2D eigenvalue weighted by Gasteiger charge is -2.34. The zero-order valence-corrected chi connectivity index (χ0v) is 17.9. The van der Waals surface area contributed by atoms with Crippen molar-refractivity contribution in [3.63, 3.8) is 0 Å². The normalized spacial score (nSPS) is 21.6. The molecule has 3 heterocycles. The summed E-state index contributed by atoms with van der Waals surface area (Å²) in [5.41, 5.74) is 2.85. The topological polar surface area (TPSA) is 82.3 Å². The van der Waals surface area contributed by atoms with Gasteiger partial charge in [0.1, 0.15) is 5.69 Å². The Hall–Kier alpha value is -3.67. The quantitative estimate of drug-likeness (QED) is 0.669. The molecule has 6 nitrogen and oxygen atoms in total. The number of fused-ring (bicyclic) bond motifs is 2. The van der Waals surface area contributed by atoms with Gasteiger partial charge in [0.15, 0.2) is 5.43 Å². The van der Waals surface area contributed by atoms with Crippen molar-refractivity contribution < 1.29 is 9.59 Å². The Morgan fingerprint density at radius 3 is 2.59 bits per heavy atom. The van der Waals surface area contributed by atoms with Gasteiger partial charge in [-0.1, -0.05) is 48.5 Å². The van der Waals surface area contributed by atoms with Crippen LogP contribution in [0.4, 0.5) is 5.69 Å². The number of nitrogens with one attached hydrogen (secondary N) is 2. The molecule has 6 heteroatoms. The summed E-state index contributed by atoms with van der Waals surface area (Å²) in [5, 5.41) is 3.04. The van der Waals surface area contributed by atoms with Crippen LogP contribution >= 0.6 is 0 Å². The SMILES string of the molecule is Cc1cc(=O)cc(C(=O)N2CC[C@]3(C(=O)Nc4ccccc43)[C@@H]2CCc2ccccc2)[nH]1. The maximum Gasteiger partial charge on any atom is 0.270 e. The zero-order valence-electron chi connectivity index (χ0n) is 17.9. The van der Waals surface area contributed by atoms with E-state index in [1.54, 1.807) is 11.8 Å². The fourth-order valence-electron chi connectivity index (χ4n) is 5.35. The Morgan fingerprint density at radius 1 is 1.06 bits per heavy atom. The summed E-state index contributed by atoms with van der Waals surface area (Å²) < 4.78 is 0. The summed E-state index contributed by atoms with van der Waals surface area (Å²) in [6.45, 7) is 2.22. The monoisotopic (exact) mass is 427 g/mol. The number of aromatic amines is 1. The van der Waals surface area contributed by atoms with Gasteiger partial charge in [0.05, 0.1) is 11.5 Å². The van der Waals surface area contributed by atoms with E-state index in [9.17, 15) is 14.4 Å². The molecule has 1 saturated heterocycles. The summed E-state index contributed by atoms with van der Waals surface area (Å²) in [4.78, 5) is 43.8. The van der Waals surface area contributed by atoms with Gasteiger partial charge in [0.25, 0.3) is 5.91 Å². The van der Waals surface area contributed by atoms with E-state index in [1.165, 1.54) is 12.1 Å². The Morgan fingerprint density at radius 2 is 1.81 bits per heavy atom. The highest BCUT2D eigenvalue weighted by Gasteiger charge is 2.58. The minimum absolute atomic E-state index is 0.0511. The second-order valence-electron chi connectivity index (χ2n) is 8.67. The predicted octanol–water partition coefficient (Wildman–Crippen LogP) is 3.42. The van der Waals surface area contributed by atoms with Gasteiger partial charge >= 0.3 is 0 Å². The van der Waals surface area contributed by atoms with Crippen molar-refractivity contribution >= 4 is 17.5 Å². The van der Waals surface area contributed by atoms with Gasteiger partial charge in [-0.3, -0.25) is 14.4 Å². The standard InChI is InChI=1S/C26H25N3O3/c1-17-15-19(30)16-22(27-17)24(31)29-14-13-26(20-9-5-6-10-21(20)28-25(26)32)23(29)12-11-18-7-3-2-4-8-18/h2-10,15-16,23H,11-14H2,1H3,(H,27,30)(H,28,32)/t23-,26+/m0/s1. The van der Waals surface area contributed by atoms with Gasteiger partial charge in [0, 0.05) is 30.1 Å². The lowest BCUT2D eigenvalue weighted by molar-refractivity contribution is -0.121. The second-order valence-corrected chi connectivity index (χ2v) is 8.67. The molecule has 0 bridgehead atoms. The number of amides is 2. The molecule has 2 amide bonds. The minimum Gasteiger partial charge on any atom is -0.354 e. The largest absolute Gasteiger partial charge is 0.354 e. The minimum atomic E-state index is -0.787. The highest BCUT2D eigenvalue weighted by atomic mass is 16.2. The van der Waals surface area contributed by atoms with Crippen molar-refractivity contribution in [2.24, 2.45) is 0 Å². The third-order valence-corrected chi connectivity index (χ3v) is 6.77. The van der Waals surface area contributed by atoms with Crippen LogP contribution in [-0.4, -0.2) is 34.3 Å². The third kappa shape index (κ3) is 3.23. The van der Waals surface area contributed by atoms with Gasteiger partial charge in [-0.15, -0.1) is 0 Å². The molecule has 5 rings (SSSR count). The maximum atomic E-state index is 13.6. The highest BCUT2D eigenvalue weighted by molar-refractivity contribution is 6.08. The first-order chi connectivity index (χ1) is 15.5. The van der Waals surface area contributed by atoms with Crippen LogP contribution in [0.5, 0.6) is 0 Å². The molecule has 2 N–H and O–H groups in total. The molecule has 0 aliphatic carbocycles. The molecule has 162 valence electrons. The smallest absolute Gasteiger partial charge is 0.270 e. The number of para-hydroxylation sites is 1. The van der Waals surface area contributed by atoms with Crippen molar-refractivity contribution in [1.29, 1.82) is 0 Å². The number of benzene rings is 2. The van der Waals surface area contributed by atoms with E-state index in [4.69, 9.17) is 0 Å². The first-order valence-electron chi connectivity index (χ1n) is 11.0. The van der Waals surface area contributed by atoms with Gasteiger partial charge in [0.2, 0.25) is 5.91 Å². The lowest BCUT2D eigenvalue weighted by atomic mass is 9.73. The van der Waals surface area contributed by atoms with Crippen LogP contribution in [0.1, 0.15) is 40.2 Å². The number of likely N-dealkylation sites (tertiary alicyclic amines) is 1. The second kappa shape index (κ2) is 7.79. The average Bonchev–Trinajstić information content (AvgIpc) is 3.30. The molecule has 1 spiro atoms. The number of hydrogen-bond acceptors (Lipinski definition) is 3.